The van der Waals surface area contributed by atoms with Crippen LogP contribution in [-0.4, -0.2) is 45.8 Å². The van der Waals surface area contributed by atoms with E-state index in [2.05, 4.69) is 10.4 Å². The van der Waals surface area contributed by atoms with Crippen molar-refractivity contribution in [3.05, 3.63) is 35.9 Å². The summed E-state index contributed by atoms with van der Waals surface area (Å²) in [6, 6.07) is 0.567. The van der Waals surface area contributed by atoms with Crippen molar-refractivity contribution in [1.82, 2.24) is 14.7 Å². The lowest BCUT2D eigenvalue weighted by Crippen LogP contribution is -2.42. The van der Waals surface area contributed by atoms with Crippen molar-refractivity contribution in [3.63, 3.8) is 0 Å². The molecule has 2 aliphatic heterocycles. The number of halogens is 3. The molecule has 1 saturated heterocycles. The molecular weight excluding hydrogens is 391 g/mol. The van der Waals surface area contributed by atoms with Gasteiger partial charge in [0.25, 0.3) is 5.91 Å². The molecule has 8 nitrogen and oxygen atoms in total. The van der Waals surface area contributed by atoms with Gasteiger partial charge in [0.15, 0.2) is 6.04 Å². The fourth-order valence-corrected chi connectivity index (χ4v) is 3.93. The number of carbonyl (C=O) groups is 2. The molecule has 2 amide bonds. The van der Waals surface area contributed by atoms with Crippen LogP contribution in [0.25, 0.3) is 0 Å². The summed E-state index contributed by atoms with van der Waals surface area (Å²) >= 11 is 0. The maximum atomic E-state index is 13.7. The normalized spacial score (nSPS) is 22.8. The second kappa shape index (κ2) is 7.12. The summed E-state index contributed by atoms with van der Waals surface area (Å²) in [4.78, 5) is 25.8. The van der Waals surface area contributed by atoms with Crippen LogP contribution in [0.1, 0.15) is 47.5 Å². The molecule has 1 fully saturated rings. The highest BCUT2D eigenvalue weighted by atomic mass is 19.4. The molecule has 0 spiro atoms. The van der Waals surface area contributed by atoms with Crippen molar-refractivity contribution in [2.24, 2.45) is 11.7 Å². The minimum atomic E-state index is -4.53. The van der Waals surface area contributed by atoms with E-state index in [1.807, 2.05) is 0 Å². The first-order valence-corrected chi connectivity index (χ1v) is 9.28. The van der Waals surface area contributed by atoms with Crippen LogP contribution in [0, 0.1) is 5.92 Å². The number of hydrogen-bond donors (Lipinski definition) is 2. The summed E-state index contributed by atoms with van der Waals surface area (Å²) in [5, 5.41) is 6.84. The number of nitrogens with zero attached hydrogens (tertiary/aromatic N) is 3. The molecular formula is C18H20F3N5O3. The number of anilines is 1. The monoisotopic (exact) mass is 411 g/mol. The quantitative estimate of drug-likeness (QED) is 0.807. The lowest BCUT2D eigenvalue weighted by Gasteiger charge is -2.34. The zero-order valence-electron chi connectivity index (χ0n) is 15.4. The number of nitrogens with one attached hydrogen (secondary N) is 1. The van der Waals surface area contributed by atoms with Crippen LogP contribution >= 0.6 is 0 Å². The Morgan fingerprint density at radius 1 is 1.28 bits per heavy atom. The van der Waals surface area contributed by atoms with E-state index in [0.29, 0.717) is 31.7 Å². The number of piperidine rings is 1. The Morgan fingerprint density at radius 2 is 2.00 bits per heavy atom. The summed E-state index contributed by atoms with van der Waals surface area (Å²) < 4.78 is 47.1. The maximum absolute atomic E-state index is 13.7. The molecule has 0 saturated carbocycles. The van der Waals surface area contributed by atoms with Gasteiger partial charge in [0, 0.05) is 25.4 Å². The van der Waals surface area contributed by atoms with Gasteiger partial charge >= 0.3 is 6.18 Å². The van der Waals surface area contributed by atoms with Gasteiger partial charge in [0.05, 0.1) is 18.5 Å². The standard InChI is InChI=1S/C18H20F3N5O3/c19-18(20,21)14-8-12(13-2-1-7-29-13)24-16-11(9-23-26(14)16)17(28)25-5-3-10(4-6-25)15(22)27/h1-2,7,9-10,12,14,24H,3-6,8H2,(H2,22,27)/t12-,14+/m0/s1. The average Bonchev–Trinajstić information content (AvgIpc) is 3.35. The van der Waals surface area contributed by atoms with Crippen LogP contribution < -0.4 is 11.1 Å². The van der Waals surface area contributed by atoms with Crippen LogP contribution in [0.2, 0.25) is 0 Å². The minimum absolute atomic E-state index is 0.0157. The van der Waals surface area contributed by atoms with E-state index in [-0.39, 0.29) is 23.7 Å². The van der Waals surface area contributed by atoms with Gasteiger partial charge in [-0.2, -0.15) is 18.3 Å². The van der Waals surface area contributed by atoms with Crippen LogP contribution in [0.3, 0.4) is 0 Å². The van der Waals surface area contributed by atoms with E-state index >= 15 is 0 Å². The third-order valence-corrected chi connectivity index (χ3v) is 5.54. The summed E-state index contributed by atoms with van der Waals surface area (Å²) in [6.07, 6.45) is -1.43. The van der Waals surface area contributed by atoms with Gasteiger partial charge in [-0.15, -0.1) is 0 Å². The van der Waals surface area contributed by atoms with Gasteiger partial charge in [-0.3, -0.25) is 9.59 Å². The largest absolute Gasteiger partial charge is 0.467 e. The van der Waals surface area contributed by atoms with Crippen LogP contribution in [0.5, 0.6) is 0 Å². The Morgan fingerprint density at radius 3 is 2.59 bits per heavy atom. The maximum Gasteiger partial charge on any atom is 0.410 e. The van der Waals surface area contributed by atoms with E-state index in [4.69, 9.17) is 10.2 Å². The van der Waals surface area contributed by atoms with Gasteiger partial charge in [0.2, 0.25) is 5.91 Å². The Labute approximate surface area is 163 Å². The predicted molar refractivity (Wildman–Crippen MR) is 94.8 cm³/mol. The fourth-order valence-electron chi connectivity index (χ4n) is 3.93. The summed E-state index contributed by atoms with van der Waals surface area (Å²) in [5.74, 6) is -0.760. The highest BCUT2D eigenvalue weighted by Gasteiger charge is 2.48. The van der Waals surface area contributed by atoms with Gasteiger partial charge in [-0.1, -0.05) is 0 Å². The molecule has 2 atom stereocenters. The SMILES string of the molecule is NC(=O)C1CCN(C(=O)c2cnn3c2N[C@H](c2ccco2)C[C@@H]3C(F)(F)F)CC1. The molecule has 0 unspecified atom stereocenters. The van der Waals surface area contributed by atoms with E-state index in [1.165, 1.54) is 11.2 Å². The Bertz CT molecular complexity index is 900. The number of alkyl halides is 3. The third-order valence-electron chi connectivity index (χ3n) is 5.54. The topological polar surface area (TPSA) is 106 Å². The van der Waals surface area contributed by atoms with Crippen molar-refractivity contribution in [1.29, 1.82) is 0 Å². The van der Waals surface area contributed by atoms with Crippen molar-refractivity contribution in [3.8, 4) is 0 Å². The number of likely N-dealkylation sites (tertiary alicyclic amines) is 1. The zero-order chi connectivity index (χ0) is 20.8. The number of furan rings is 1. The molecule has 4 heterocycles. The number of carbonyl (C=O) groups excluding carboxylic acids is 2. The first-order valence-electron chi connectivity index (χ1n) is 9.28. The van der Waals surface area contributed by atoms with Crippen LogP contribution in [-0.2, 0) is 4.79 Å². The molecule has 0 bridgehead atoms. The average molecular weight is 411 g/mol. The molecule has 3 N–H and O–H groups in total. The zero-order valence-corrected chi connectivity index (χ0v) is 15.4. The Hall–Kier alpha value is -2.98. The second-order valence-corrected chi connectivity index (χ2v) is 7.33. The first-order chi connectivity index (χ1) is 13.8. The van der Waals surface area contributed by atoms with E-state index in [0.717, 1.165) is 10.9 Å². The Balaban J connectivity index is 1.62. The number of rotatable bonds is 3. The van der Waals surface area contributed by atoms with Gasteiger partial charge in [-0.25, -0.2) is 4.68 Å². The van der Waals surface area contributed by atoms with Crippen molar-refractivity contribution in [2.45, 2.75) is 37.5 Å². The highest BCUT2D eigenvalue weighted by Crippen LogP contribution is 2.44. The second-order valence-electron chi connectivity index (χ2n) is 7.33. The van der Waals surface area contributed by atoms with Gasteiger partial charge in [0.1, 0.15) is 17.1 Å². The molecule has 0 aromatic carbocycles. The first kappa shape index (κ1) is 19.3. The van der Waals surface area contributed by atoms with Gasteiger partial charge in [-0.05, 0) is 25.0 Å². The number of aromatic nitrogens is 2. The number of hydrogen-bond acceptors (Lipinski definition) is 5. The van der Waals surface area contributed by atoms with Crippen molar-refractivity contribution >= 4 is 17.6 Å². The van der Waals surface area contributed by atoms with Gasteiger partial charge < -0.3 is 20.4 Å². The van der Waals surface area contributed by atoms with E-state index in [9.17, 15) is 22.8 Å². The van der Waals surface area contributed by atoms with E-state index in [1.54, 1.807) is 12.1 Å². The third kappa shape index (κ3) is 3.56. The molecule has 2 aromatic rings. The summed E-state index contributed by atoms with van der Waals surface area (Å²) in [7, 11) is 0. The van der Waals surface area contributed by atoms with Crippen LogP contribution in [0.15, 0.2) is 29.0 Å². The lowest BCUT2D eigenvalue weighted by atomic mass is 9.96. The number of nitrogens with two attached hydrogens (primary N) is 1. The fraction of sp³-hybridized carbons (Fsp3) is 0.500. The minimum Gasteiger partial charge on any atom is -0.467 e. The number of primary amides is 1. The molecule has 2 aromatic heterocycles. The number of fused-ring (bicyclic) bond motifs is 1. The molecule has 156 valence electrons. The van der Waals surface area contributed by atoms with Crippen molar-refractivity contribution < 1.29 is 27.2 Å². The summed E-state index contributed by atoms with van der Waals surface area (Å²) in [6.45, 7) is 0.614. The van der Waals surface area contributed by atoms with E-state index < -0.39 is 30.1 Å². The highest BCUT2D eigenvalue weighted by molar-refractivity contribution is 5.99. The van der Waals surface area contributed by atoms with Crippen molar-refractivity contribution in [2.75, 3.05) is 18.4 Å². The summed E-state index contributed by atoms with van der Waals surface area (Å²) in [5.41, 5.74) is 5.37. The molecule has 0 radical (unpaired) electrons. The lowest BCUT2D eigenvalue weighted by molar-refractivity contribution is -0.174. The molecule has 11 heteroatoms. The Kier molecular flexibility index (Phi) is 4.75. The molecule has 29 heavy (non-hydrogen) atoms. The van der Waals surface area contributed by atoms with Crippen LogP contribution in [0.4, 0.5) is 19.0 Å². The predicted octanol–water partition coefficient (Wildman–Crippen LogP) is 2.47. The molecule has 4 rings (SSSR count). The number of amides is 2. The molecule has 2 aliphatic rings. The molecule has 0 aliphatic carbocycles. The smallest absolute Gasteiger partial charge is 0.410 e.